The first kappa shape index (κ1) is 15.6. The molecule has 3 nitrogen and oxygen atoms in total. The molecular weight excluding hydrogens is 328 g/mol. The SMILES string of the molecule is CCCCN(C(=O)c1cc(Br)ccc1N)c1ccccc1. The van der Waals surface area contributed by atoms with E-state index in [0.717, 1.165) is 23.0 Å². The number of anilines is 2. The van der Waals surface area contributed by atoms with Crippen molar-refractivity contribution in [1.29, 1.82) is 0 Å². The van der Waals surface area contributed by atoms with Gasteiger partial charge in [-0.1, -0.05) is 47.5 Å². The van der Waals surface area contributed by atoms with Crippen LogP contribution in [-0.2, 0) is 0 Å². The van der Waals surface area contributed by atoms with Crippen molar-refractivity contribution in [3.63, 3.8) is 0 Å². The Balaban J connectivity index is 2.36. The van der Waals surface area contributed by atoms with E-state index in [1.807, 2.05) is 36.4 Å². The molecule has 0 bridgehead atoms. The molecule has 2 aromatic rings. The second-order valence-electron chi connectivity index (χ2n) is 4.88. The Hall–Kier alpha value is -1.81. The van der Waals surface area contributed by atoms with Gasteiger partial charge in [-0.05, 0) is 36.8 Å². The third-order valence-corrected chi connectivity index (χ3v) is 3.79. The molecule has 0 radical (unpaired) electrons. The van der Waals surface area contributed by atoms with Crippen LogP contribution in [0.5, 0.6) is 0 Å². The minimum Gasteiger partial charge on any atom is -0.398 e. The number of hydrogen-bond donors (Lipinski definition) is 1. The molecule has 1 amide bonds. The lowest BCUT2D eigenvalue weighted by molar-refractivity contribution is 0.0987. The Morgan fingerprint density at radius 3 is 2.57 bits per heavy atom. The summed E-state index contributed by atoms with van der Waals surface area (Å²) < 4.78 is 0.851. The van der Waals surface area contributed by atoms with E-state index >= 15 is 0 Å². The third kappa shape index (κ3) is 3.85. The second kappa shape index (κ2) is 7.27. The normalized spacial score (nSPS) is 10.4. The van der Waals surface area contributed by atoms with Gasteiger partial charge in [0.05, 0.1) is 5.56 Å². The van der Waals surface area contributed by atoms with Crippen LogP contribution >= 0.6 is 15.9 Å². The number of para-hydroxylation sites is 1. The van der Waals surface area contributed by atoms with Crippen molar-refractivity contribution in [3.05, 3.63) is 58.6 Å². The number of amides is 1. The molecule has 0 heterocycles. The fourth-order valence-electron chi connectivity index (χ4n) is 2.13. The first-order valence-electron chi connectivity index (χ1n) is 7.05. The van der Waals surface area contributed by atoms with Gasteiger partial charge < -0.3 is 10.6 Å². The molecule has 0 saturated heterocycles. The molecule has 2 aromatic carbocycles. The quantitative estimate of drug-likeness (QED) is 0.811. The Labute approximate surface area is 133 Å². The summed E-state index contributed by atoms with van der Waals surface area (Å²) >= 11 is 3.40. The van der Waals surface area contributed by atoms with E-state index in [9.17, 15) is 4.79 Å². The predicted octanol–water partition coefficient (Wildman–Crippen LogP) is 4.48. The smallest absolute Gasteiger partial charge is 0.260 e. The Morgan fingerprint density at radius 2 is 1.90 bits per heavy atom. The minimum atomic E-state index is -0.0616. The maximum Gasteiger partial charge on any atom is 0.260 e. The number of benzene rings is 2. The van der Waals surface area contributed by atoms with Crippen LogP contribution in [0, 0.1) is 0 Å². The molecule has 2 N–H and O–H groups in total. The highest BCUT2D eigenvalue weighted by atomic mass is 79.9. The zero-order valence-corrected chi connectivity index (χ0v) is 13.6. The number of nitrogen functional groups attached to an aromatic ring is 1. The highest BCUT2D eigenvalue weighted by Gasteiger charge is 2.19. The number of halogens is 1. The molecule has 0 unspecified atom stereocenters. The van der Waals surface area contributed by atoms with E-state index in [1.165, 1.54) is 0 Å². The summed E-state index contributed by atoms with van der Waals surface area (Å²) in [5.41, 5.74) is 7.90. The van der Waals surface area contributed by atoms with Gasteiger partial charge in [0.15, 0.2) is 0 Å². The highest BCUT2D eigenvalue weighted by Crippen LogP contribution is 2.23. The third-order valence-electron chi connectivity index (χ3n) is 3.29. The Bertz CT molecular complexity index is 613. The van der Waals surface area contributed by atoms with Crippen LogP contribution in [0.1, 0.15) is 30.1 Å². The van der Waals surface area contributed by atoms with Crippen LogP contribution in [0.2, 0.25) is 0 Å². The average molecular weight is 347 g/mol. The zero-order chi connectivity index (χ0) is 15.2. The van der Waals surface area contributed by atoms with Crippen LogP contribution in [0.15, 0.2) is 53.0 Å². The van der Waals surface area contributed by atoms with Gasteiger partial charge in [-0.25, -0.2) is 0 Å². The number of rotatable bonds is 5. The molecule has 110 valence electrons. The monoisotopic (exact) mass is 346 g/mol. The van der Waals surface area contributed by atoms with E-state index in [2.05, 4.69) is 22.9 Å². The van der Waals surface area contributed by atoms with Crippen LogP contribution in [0.3, 0.4) is 0 Å². The molecule has 21 heavy (non-hydrogen) atoms. The lowest BCUT2D eigenvalue weighted by Crippen LogP contribution is -2.32. The van der Waals surface area contributed by atoms with Crippen LogP contribution < -0.4 is 10.6 Å². The van der Waals surface area contributed by atoms with E-state index < -0.39 is 0 Å². The van der Waals surface area contributed by atoms with E-state index in [-0.39, 0.29) is 5.91 Å². The van der Waals surface area contributed by atoms with Gasteiger partial charge in [-0.15, -0.1) is 0 Å². The molecule has 0 fully saturated rings. The van der Waals surface area contributed by atoms with Gasteiger partial charge in [0.2, 0.25) is 0 Å². The van der Waals surface area contributed by atoms with Gasteiger partial charge in [0.1, 0.15) is 0 Å². The summed E-state index contributed by atoms with van der Waals surface area (Å²) in [7, 11) is 0. The first-order valence-corrected chi connectivity index (χ1v) is 7.84. The summed E-state index contributed by atoms with van der Waals surface area (Å²) in [6.45, 7) is 2.80. The van der Waals surface area contributed by atoms with Gasteiger partial charge in [0.25, 0.3) is 5.91 Å². The number of hydrogen-bond acceptors (Lipinski definition) is 2. The minimum absolute atomic E-state index is 0.0616. The summed E-state index contributed by atoms with van der Waals surface area (Å²) in [6.07, 6.45) is 1.99. The number of nitrogens with two attached hydrogens (primary N) is 1. The van der Waals surface area contributed by atoms with E-state index in [0.29, 0.717) is 17.8 Å². The fourth-order valence-corrected chi connectivity index (χ4v) is 2.49. The van der Waals surface area contributed by atoms with Crippen molar-refractivity contribution in [3.8, 4) is 0 Å². The lowest BCUT2D eigenvalue weighted by Gasteiger charge is -2.23. The maximum absolute atomic E-state index is 12.8. The zero-order valence-electron chi connectivity index (χ0n) is 12.1. The highest BCUT2D eigenvalue weighted by molar-refractivity contribution is 9.10. The lowest BCUT2D eigenvalue weighted by atomic mass is 10.1. The topological polar surface area (TPSA) is 46.3 Å². The maximum atomic E-state index is 12.8. The Kier molecular flexibility index (Phi) is 5.39. The van der Waals surface area contributed by atoms with Gasteiger partial charge >= 0.3 is 0 Å². The molecule has 0 aliphatic carbocycles. The van der Waals surface area contributed by atoms with Crippen molar-refractivity contribution in [2.24, 2.45) is 0 Å². The van der Waals surface area contributed by atoms with Crippen molar-refractivity contribution < 1.29 is 4.79 Å². The molecule has 2 rings (SSSR count). The number of unbranched alkanes of at least 4 members (excludes halogenated alkanes) is 1. The van der Waals surface area contributed by atoms with E-state index in [4.69, 9.17) is 5.73 Å². The molecule has 0 aliphatic heterocycles. The summed E-state index contributed by atoms with van der Waals surface area (Å²) in [6, 6.07) is 15.1. The molecule has 4 heteroatoms. The van der Waals surface area contributed by atoms with Gasteiger partial charge in [0, 0.05) is 22.4 Å². The number of carbonyl (C=O) groups excluding carboxylic acids is 1. The standard InChI is InChI=1S/C17H19BrN2O/c1-2-3-11-20(14-7-5-4-6-8-14)17(21)15-12-13(18)9-10-16(15)19/h4-10,12H,2-3,11,19H2,1H3. The van der Waals surface area contributed by atoms with Crippen molar-refractivity contribution in [2.45, 2.75) is 19.8 Å². The van der Waals surface area contributed by atoms with Crippen LogP contribution in [0.4, 0.5) is 11.4 Å². The Morgan fingerprint density at radius 1 is 1.19 bits per heavy atom. The van der Waals surface area contributed by atoms with Gasteiger partial charge in [-0.3, -0.25) is 4.79 Å². The summed E-state index contributed by atoms with van der Waals surface area (Å²) in [5.74, 6) is -0.0616. The number of nitrogens with zero attached hydrogens (tertiary/aromatic N) is 1. The fraction of sp³-hybridized carbons (Fsp3) is 0.235. The summed E-state index contributed by atoms with van der Waals surface area (Å²) in [5, 5.41) is 0. The average Bonchev–Trinajstić information content (AvgIpc) is 2.51. The molecule has 0 aliphatic rings. The van der Waals surface area contributed by atoms with E-state index in [1.54, 1.807) is 17.0 Å². The van der Waals surface area contributed by atoms with Crippen molar-refractivity contribution >= 4 is 33.2 Å². The predicted molar refractivity (Wildman–Crippen MR) is 91.6 cm³/mol. The molecular formula is C17H19BrN2O. The van der Waals surface area contributed by atoms with Crippen LogP contribution in [-0.4, -0.2) is 12.5 Å². The largest absolute Gasteiger partial charge is 0.398 e. The first-order chi connectivity index (χ1) is 10.1. The molecule has 0 atom stereocenters. The molecule has 0 spiro atoms. The molecule has 0 saturated carbocycles. The van der Waals surface area contributed by atoms with Crippen molar-refractivity contribution in [2.75, 3.05) is 17.2 Å². The van der Waals surface area contributed by atoms with Crippen LogP contribution in [0.25, 0.3) is 0 Å². The van der Waals surface area contributed by atoms with Crippen molar-refractivity contribution in [1.82, 2.24) is 0 Å². The summed E-state index contributed by atoms with van der Waals surface area (Å²) in [4.78, 5) is 14.6. The van der Waals surface area contributed by atoms with Gasteiger partial charge in [-0.2, -0.15) is 0 Å². The number of carbonyl (C=O) groups is 1. The second-order valence-corrected chi connectivity index (χ2v) is 5.79. The molecule has 0 aromatic heterocycles.